The van der Waals surface area contributed by atoms with Gasteiger partial charge in [0.15, 0.2) is 0 Å². The molecule has 1 heterocycles. The van der Waals surface area contributed by atoms with Crippen LogP contribution in [0, 0.1) is 5.82 Å². The van der Waals surface area contributed by atoms with Crippen molar-refractivity contribution in [3.63, 3.8) is 0 Å². The third-order valence-corrected chi connectivity index (χ3v) is 3.97. The van der Waals surface area contributed by atoms with Crippen molar-refractivity contribution in [3.05, 3.63) is 35.6 Å². The van der Waals surface area contributed by atoms with Crippen LogP contribution in [-0.2, 0) is 11.3 Å². The van der Waals surface area contributed by atoms with Gasteiger partial charge in [-0.05, 0) is 31.7 Å². The fourth-order valence-corrected chi connectivity index (χ4v) is 2.80. The SMILES string of the molecule is CCC1CCCCN1C(=O)CNCc1ccccc1F. The number of carbonyl (C=O) groups excluding carboxylic acids is 1. The standard InChI is InChI=1S/C16H23FN2O/c1-2-14-8-5-6-10-19(14)16(20)12-18-11-13-7-3-4-9-15(13)17/h3-4,7,9,14,18H,2,5-6,8,10-12H2,1H3. The molecule has 0 radical (unpaired) electrons. The highest BCUT2D eigenvalue weighted by atomic mass is 19.1. The predicted octanol–water partition coefficient (Wildman–Crippen LogP) is 2.71. The first-order valence-electron chi connectivity index (χ1n) is 7.46. The van der Waals surface area contributed by atoms with Crippen molar-refractivity contribution in [3.8, 4) is 0 Å². The van der Waals surface area contributed by atoms with Crippen molar-refractivity contribution in [2.45, 2.75) is 45.2 Å². The zero-order valence-corrected chi connectivity index (χ0v) is 12.1. The molecule has 3 nitrogen and oxygen atoms in total. The van der Waals surface area contributed by atoms with Gasteiger partial charge in [0, 0.05) is 24.7 Å². The molecule has 0 aromatic heterocycles. The van der Waals surface area contributed by atoms with E-state index >= 15 is 0 Å². The summed E-state index contributed by atoms with van der Waals surface area (Å²) in [6.07, 6.45) is 4.43. The van der Waals surface area contributed by atoms with E-state index in [1.165, 1.54) is 12.5 Å². The molecule has 1 atom stereocenters. The van der Waals surface area contributed by atoms with E-state index in [-0.39, 0.29) is 18.3 Å². The molecule has 1 fully saturated rings. The van der Waals surface area contributed by atoms with Crippen molar-refractivity contribution >= 4 is 5.91 Å². The maximum absolute atomic E-state index is 13.4. The van der Waals surface area contributed by atoms with Crippen LogP contribution in [0.25, 0.3) is 0 Å². The van der Waals surface area contributed by atoms with E-state index in [9.17, 15) is 9.18 Å². The van der Waals surface area contributed by atoms with Gasteiger partial charge in [-0.25, -0.2) is 4.39 Å². The van der Waals surface area contributed by atoms with E-state index in [2.05, 4.69) is 12.2 Å². The number of nitrogens with zero attached hydrogens (tertiary/aromatic N) is 1. The summed E-state index contributed by atoms with van der Waals surface area (Å²) in [4.78, 5) is 14.2. The van der Waals surface area contributed by atoms with Crippen LogP contribution in [0.1, 0.15) is 38.2 Å². The second-order valence-electron chi connectivity index (χ2n) is 5.34. The van der Waals surface area contributed by atoms with Crippen molar-refractivity contribution in [2.24, 2.45) is 0 Å². The van der Waals surface area contributed by atoms with Crippen LogP contribution in [0.2, 0.25) is 0 Å². The average Bonchev–Trinajstić information content (AvgIpc) is 2.49. The van der Waals surface area contributed by atoms with Gasteiger partial charge in [0.2, 0.25) is 5.91 Å². The van der Waals surface area contributed by atoms with E-state index in [0.29, 0.717) is 18.2 Å². The molecule has 20 heavy (non-hydrogen) atoms. The van der Waals surface area contributed by atoms with E-state index in [4.69, 9.17) is 0 Å². The van der Waals surface area contributed by atoms with E-state index in [1.807, 2.05) is 4.90 Å². The van der Waals surface area contributed by atoms with Gasteiger partial charge in [-0.3, -0.25) is 4.79 Å². The van der Waals surface area contributed by atoms with Crippen LogP contribution < -0.4 is 5.32 Å². The first-order valence-corrected chi connectivity index (χ1v) is 7.46. The zero-order valence-electron chi connectivity index (χ0n) is 12.1. The van der Waals surface area contributed by atoms with Crippen LogP contribution in [0.4, 0.5) is 4.39 Å². The number of halogens is 1. The summed E-state index contributed by atoms with van der Waals surface area (Å²) in [6.45, 7) is 3.66. The summed E-state index contributed by atoms with van der Waals surface area (Å²) >= 11 is 0. The number of amides is 1. The third kappa shape index (κ3) is 3.79. The highest BCUT2D eigenvalue weighted by Gasteiger charge is 2.24. The number of rotatable bonds is 5. The molecule has 110 valence electrons. The number of likely N-dealkylation sites (tertiary alicyclic amines) is 1. The van der Waals surface area contributed by atoms with Crippen molar-refractivity contribution in [1.29, 1.82) is 0 Å². The number of hydrogen-bond donors (Lipinski definition) is 1. The van der Waals surface area contributed by atoms with Crippen LogP contribution in [0.5, 0.6) is 0 Å². The maximum atomic E-state index is 13.4. The Morgan fingerprint density at radius 3 is 2.95 bits per heavy atom. The van der Waals surface area contributed by atoms with E-state index in [0.717, 1.165) is 25.8 Å². The Hall–Kier alpha value is -1.42. The molecule has 1 aromatic carbocycles. The van der Waals surface area contributed by atoms with Gasteiger partial charge in [-0.2, -0.15) is 0 Å². The van der Waals surface area contributed by atoms with E-state index < -0.39 is 0 Å². The van der Waals surface area contributed by atoms with Crippen molar-refractivity contribution in [1.82, 2.24) is 10.2 Å². The molecule has 2 rings (SSSR count). The van der Waals surface area contributed by atoms with Crippen LogP contribution in [-0.4, -0.2) is 29.9 Å². The summed E-state index contributed by atoms with van der Waals surface area (Å²) in [5.41, 5.74) is 0.603. The molecule has 1 unspecified atom stereocenters. The molecule has 0 spiro atoms. The van der Waals surface area contributed by atoms with E-state index in [1.54, 1.807) is 18.2 Å². The molecular formula is C16H23FN2O. The molecule has 4 heteroatoms. The highest BCUT2D eigenvalue weighted by Crippen LogP contribution is 2.19. The van der Waals surface area contributed by atoms with Crippen molar-refractivity contribution < 1.29 is 9.18 Å². The lowest BCUT2D eigenvalue weighted by atomic mass is 10.00. The number of carbonyl (C=O) groups is 1. The molecule has 1 amide bonds. The van der Waals surface area contributed by atoms with Crippen molar-refractivity contribution in [2.75, 3.05) is 13.1 Å². The second-order valence-corrected chi connectivity index (χ2v) is 5.34. The minimum atomic E-state index is -0.225. The topological polar surface area (TPSA) is 32.3 Å². The predicted molar refractivity (Wildman–Crippen MR) is 77.7 cm³/mol. The minimum Gasteiger partial charge on any atom is -0.339 e. The van der Waals surface area contributed by atoms with Crippen LogP contribution >= 0.6 is 0 Å². The molecule has 1 saturated heterocycles. The van der Waals surface area contributed by atoms with Gasteiger partial charge >= 0.3 is 0 Å². The molecular weight excluding hydrogens is 255 g/mol. The first kappa shape index (κ1) is 15.0. The fraction of sp³-hybridized carbons (Fsp3) is 0.562. The van der Waals surface area contributed by atoms with Gasteiger partial charge in [0.05, 0.1) is 6.54 Å². The third-order valence-electron chi connectivity index (χ3n) is 3.97. The summed E-state index contributed by atoms with van der Waals surface area (Å²) < 4.78 is 13.4. The van der Waals surface area contributed by atoms with Gasteiger partial charge in [0.25, 0.3) is 0 Å². The van der Waals surface area contributed by atoms with Gasteiger partial charge < -0.3 is 10.2 Å². The lowest BCUT2D eigenvalue weighted by Gasteiger charge is -2.35. The number of hydrogen-bond acceptors (Lipinski definition) is 2. The Balaban J connectivity index is 1.81. The number of piperidine rings is 1. The van der Waals surface area contributed by atoms with Gasteiger partial charge in [0.1, 0.15) is 5.82 Å². The molecule has 1 aliphatic rings. The molecule has 1 N–H and O–H groups in total. The summed E-state index contributed by atoms with van der Waals surface area (Å²) in [6, 6.07) is 7.04. The minimum absolute atomic E-state index is 0.132. The largest absolute Gasteiger partial charge is 0.339 e. The number of nitrogens with one attached hydrogen (secondary N) is 1. The Bertz CT molecular complexity index is 450. The monoisotopic (exact) mass is 278 g/mol. The maximum Gasteiger partial charge on any atom is 0.236 e. The molecule has 1 aromatic rings. The second kappa shape index (κ2) is 7.39. The molecule has 0 saturated carbocycles. The summed E-state index contributed by atoms with van der Waals surface area (Å²) in [5, 5.41) is 3.05. The Kier molecular flexibility index (Phi) is 5.53. The Morgan fingerprint density at radius 1 is 1.40 bits per heavy atom. The summed E-state index contributed by atoms with van der Waals surface area (Å²) in [5.74, 6) is -0.0928. The number of benzene rings is 1. The first-order chi connectivity index (χ1) is 9.72. The average molecular weight is 278 g/mol. The fourth-order valence-electron chi connectivity index (χ4n) is 2.80. The van der Waals surface area contributed by atoms with Crippen LogP contribution in [0.3, 0.4) is 0 Å². The van der Waals surface area contributed by atoms with Crippen LogP contribution in [0.15, 0.2) is 24.3 Å². The highest BCUT2D eigenvalue weighted by molar-refractivity contribution is 5.78. The Labute approximate surface area is 120 Å². The molecule has 0 aliphatic carbocycles. The smallest absolute Gasteiger partial charge is 0.236 e. The quantitative estimate of drug-likeness (QED) is 0.898. The molecule has 0 bridgehead atoms. The van der Waals surface area contributed by atoms with Gasteiger partial charge in [-0.1, -0.05) is 25.1 Å². The normalized spacial score (nSPS) is 19.1. The molecule has 1 aliphatic heterocycles. The zero-order chi connectivity index (χ0) is 14.4. The Morgan fingerprint density at radius 2 is 2.20 bits per heavy atom. The lowest BCUT2D eigenvalue weighted by molar-refractivity contribution is -0.134. The van der Waals surface area contributed by atoms with Gasteiger partial charge in [-0.15, -0.1) is 0 Å². The lowest BCUT2D eigenvalue weighted by Crippen LogP contribution is -2.46. The summed E-state index contributed by atoms with van der Waals surface area (Å²) in [7, 11) is 0.